The van der Waals surface area contributed by atoms with Crippen LogP contribution >= 0.6 is 0 Å². The van der Waals surface area contributed by atoms with E-state index in [0.717, 1.165) is 25.3 Å². The molecule has 0 aromatic rings. The van der Waals surface area contributed by atoms with Crippen LogP contribution in [0.3, 0.4) is 0 Å². The molecule has 5 nitrogen and oxygen atoms in total. The van der Waals surface area contributed by atoms with E-state index in [4.69, 9.17) is 5.11 Å². The molecule has 1 saturated carbocycles. The van der Waals surface area contributed by atoms with Crippen LogP contribution in [-0.4, -0.2) is 29.7 Å². The first kappa shape index (κ1) is 15.8. The molecule has 1 aliphatic carbocycles. The van der Waals surface area contributed by atoms with Gasteiger partial charge in [0.2, 0.25) is 0 Å². The molecular formula is C14H26N2O3. The lowest BCUT2D eigenvalue weighted by molar-refractivity contribution is -0.141. The fourth-order valence-electron chi connectivity index (χ4n) is 2.11. The summed E-state index contributed by atoms with van der Waals surface area (Å²) in [6.45, 7) is 6.61. The molecule has 5 heteroatoms. The van der Waals surface area contributed by atoms with Crippen LogP contribution in [0.1, 0.15) is 46.5 Å². The zero-order chi connectivity index (χ0) is 14.4. The Morgan fingerprint density at radius 2 is 1.95 bits per heavy atom. The van der Waals surface area contributed by atoms with Crippen LogP contribution in [0.2, 0.25) is 0 Å². The number of hydrogen-bond donors (Lipinski definition) is 3. The summed E-state index contributed by atoms with van der Waals surface area (Å²) < 4.78 is 0. The Hall–Kier alpha value is -1.26. The van der Waals surface area contributed by atoms with E-state index in [9.17, 15) is 9.59 Å². The summed E-state index contributed by atoms with van der Waals surface area (Å²) in [7, 11) is 0. The fourth-order valence-corrected chi connectivity index (χ4v) is 2.11. The van der Waals surface area contributed by atoms with E-state index in [0.29, 0.717) is 12.3 Å². The molecule has 4 atom stereocenters. The van der Waals surface area contributed by atoms with Gasteiger partial charge in [-0.1, -0.05) is 20.3 Å². The number of urea groups is 1. The lowest BCUT2D eigenvalue weighted by Gasteiger charge is -2.15. The second-order valence-corrected chi connectivity index (χ2v) is 5.90. The van der Waals surface area contributed by atoms with Crippen LogP contribution in [0.25, 0.3) is 0 Å². The van der Waals surface area contributed by atoms with Crippen molar-refractivity contribution in [1.82, 2.24) is 10.6 Å². The van der Waals surface area contributed by atoms with E-state index < -0.39 is 5.97 Å². The van der Waals surface area contributed by atoms with Crippen molar-refractivity contribution in [1.29, 1.82) is 0 Å². The summed E-state index contributed by atoms with van der Waals surface area (Å²) in [6, 6.07) is -0.0319. The molecule has 0 aromatic heterocycles. The first-order valence-corrected chi connectivity index (χ1v) is 7.17. The van der Waals surface area contributed by atoms with Crippen molar-refractivity contribution in [3.05, 3.63) is 0 Å². The number of rotatable bonds is 8. The lowest BCUT2D eigenvalue weighted by Crippen LogP contribution is -2.41. The van der Waals surface area contributed by atoms with Gasteiger partial charge >= 0.3 is 12.0 Å². The van der Waals surface area contributed by atoms with Gasteiger partial charge in [-0.2, -0.15) is 0 Å². The summed E-state index contributed by atoms with van der Waals surface area (Å²) in [4.78, 5) is 22.2. The quantitative estimate of drug-likeness (QED) is 0.633. The number of carbonyl (C=O) groups is 2. The fraction of sp³-hybridized carbons (Fsp3) is 0.857. The van der Waals surface area contributed by atoms with Gasteiger partial charge < -0.3 is 15.7 Å². The van der Waals surface area contributed by atoms with Gasteiger partial charge in [-0.15, -0.1) is 0 Å². The van der Waals surface area contributed by atoms with Gasteiger partial charge in [0.1, 0.15) is 0 Å². The molecule has 1 rings (SSSR count). The molecule has 1 fully saturated rings. The van der Waals surface area contributed by atoms with Crippen LogP contribution in [0.5, 0.6) is 0 Å². The molecule has 0 aromatic carbocycles. The molecule has 0 aliphatic heterocycles. The highest BCUT2D eigenvalue weighted by Gasteiger charge is 2.32. The lowest BCUT2D eigenvalue weighted by atomic mass is 10.0. The highest BCUT2D eigenvalue weighted by molar-refractivity contribution is 5.74. The van der Waals surface area contributed by atoms with Crippen molar-refractivity contribution < 1.29 is 14.7 Å². The molecule has 0 heterocycles. The Kier molecular flexibility index (Phi) is 6.12. The van der Waals surface area contributed by atoms with Crippen molar-refractivity contribution >= 4 is 12.0 Å². The van der Waals surface area contributed by atoms with Gasteiger partial charge in [-0.3, -0.25) is 4.79 Å². The predicted molar refractivity (Wildman–Crippen MR) is 73.9 cm³/mol. The molecule has 1 aliphatic rings. The van der Waals surface area contributed by atoms with Gasteiger partial charge in [0, 0.05) is 12.6 Å². The minimum Gasteiger partial charge on any atom is -0.481 e. The van der Waals surface area contributed by atoms with Gasteiger partial charge in [0.25, 0.3) is 0 Å². The first-order valence-electron chi connectivity index (χ1n) is 7.17. The second kappa shape index (κ2) is 7.36. The Bertz CT molecular complexity index is 320. The van der Waals surface area contributed by atoms with E-state index in [1.54, 1.807) is 6.92 Å². The van der Waals surface area contributed by atoms with E-state index in [2.05, 4.69) is 17.6 Å². The standard InChI is InChI=1S/C14H26N2O3/c1-9(13(17)18)5-4-6-11(3)16-14(19)15-8-12-7-10(12)2/h9-12H,4-8H2,1-3H3,(H,17,18)(H2,15,16,19). The summed E-state index contributed by atoms with van der Waals surface area (Å²) in [6.07, 6.45) is 3.49. The Morgan fingerprint density at radius 1 is 1.32 bits per heavy atom. The molecule has 0 bridgehead atoms. The third-order valence-corrected chi connectivity index (χ3v) is 3.87. The number of nitrogens with one attached hydrogen (secondary N) is 2. The Morgan fingerprint density at radius 3 is 2.47 bits per heavy atom. The van der Waals surface area contributed by atoms with Crippen molar-refractivity contribution in [2.75, 3.05) is 6.54 Å². The molecular weight excluding hydrogens is 244 g/mol. The summed E-state index contributed by atoms with van der Waals surface area (Å²) in [5.74, 6) is 0.335. The van der Waals surface area contributed by atoms with Crippen molar-refractivity contribution in [3.63, 3.8) is 0 Å². The summed E-state index contributed by atoms with van der Waals surface area (Å²) >= 11 is 0. The van der Waals surface area contributed by atoms with E-state index in [1.165, 1.54) is 6.42 Å². The SMILES string of the molecule is CC(CCCC(C)C(=O)O)NC(=O)NCC1CC1C. The number of carbonyl (C=O) groups excluding carboxylic acids is 1. The summed E-state index contributed by atoms with van der Waals surface area (Å²) in [5, 5.41) is 14.5. The maximum absolute atomic E-state index is 11.6. The highest BCUT2D eigenvalue weighted by Crippen LogP contribution is 2.36. The number of carboxylic acid groups (broad SMARTS) is 1. The number of amides is 2. The normalized spacial score (nSPS) is 24.4. The minimum absolute atomic E-state index is 0.0811. The Labute approximate surface area is 115 Å². The minimum atomic E-state index is -0.753. The number of aliphatic carboxylic acids is 1. The van der Waals surface area contributed by atoms with E-state index in [-0.39, 0.29) is 18.0 Å². The molecule has 0 radical (unpaired) electrons. The van der Waals surface area contributed by atoms with Crippen molar-refractivity contribution in [3.8, 4) is 0 Å². The maximum Gasteiger partial charge on any atom is 0.315 e. The molecule has 2 amide bonds. The Balaban J connectivity index is 2.04. The van der Waals surface area contributed by atoms with E-state index >= 15 is 0 Å². The molecule has 19 heavy (non-hydrogen) atoms. The zero-order valence-electron chi connectivity index (χ0n) is 12.1. The average molecular weight is 270 g/mol. The second-order valence-electron chi connectivity index (χ2n) is 5.90. The molecule has 110 valence electrons. The first-order chi connectivity index (χ1) is 8.90. The van der Waals surface area contributed by atoms with Crippen LogP contribution in [0.4, 0.5) is 4.79 Å². The monoisotopic (exact) mass is 270 g/mol. The van der Waals surface area contributed by atoms with Gasteiger partial charge in [0.15, 0.2) is 0 Å². The van der Waals surface area contributed by atoms with Gasteiger partial charge in [0.05, 0.1) is 5.92 Å². The van der Waals surface area contributed by atoms with Crippen LogP contribution in [0, 0.1) is 17.8 Å². The third kappa shape index (κ3) is 6.45. The predicted octanol–water partition coefficient (Wildman–Crippen LogP) is 2.22. The van der Waals surface area contributed by atoms with Crippen LogP contribution in [0.15, 0.2) is 0 Å². The maximum atomic E-state index is 11.6. The van der Waals surface area contributed by atoms with Gasteiger partial charge in [-0.25, -0.2) is 4.79 Å². The highest BCUT2D eigenvalue weighted by atomic mass is 16.4. The number of hydrogen-bond acceptors (Lipinski definition) is 2. The molecule has 0 saturated heterocycles. The van der Waals surface area contributed by atoms with Gasteiger partial charge in [-0.05, 0) is 38.0 Å². The average Bonchev–Trinajstić information content (AvgIpc) is 3.02. The molecule has 3 N–H and O–H groups in total. The topological polar surface area (TPSA) is 78.4 Å². The largest absolute Gasteiger partial charge is 0.481 e. The summed E-state index contributed by atoms with van der Waals surface area (Å²) in [5.41, 5.74) is 0. The molecule has 4 unspecified atom stereocenters. The third-order valence-electron chi connectivity index (χ3n) is 3.87. The van der Waals surface area contributed by atoms with E-state index in [1.807, 2.05) is 6.92 Å². The zero-order valence-corrected chi connectivity index (χ0v) is 12.1. The van der Waals surface area contributed by atoms with Crippen molar-refractivity contribution in [2.45, 2.75) is 52.5 Å². The van der Waals surface area contributed by atoms with Crippen LogP contribution < -0.4 is 10.6 Å². The number of carboxylic acids is 1. The molecule has 0 spiro atoms. The van der Waals surface area contributed by atoms with Crippen molar-refractivity contribution in [2.24, 2.45) is 17.8 Å². The van der Waals surface area contributed by atoms with Crippen LogP contribution in [-0.2, 0) is 4.79 Å². The smallest absolute Gasteiger partial charge is 0.315 e.